The first-order valence-corrected chi connectivity index (χ1v) is 11.5. The second-order valence-electron chi connectivity index (χ2n) is 7.58. The molecule has 2 saturated heterocycles. The third-order valence-corrected chi connectivity index (χ3v) is 7.53. The first kappa shape index (κ1) is 20.3. The van der Waals surface area contributed by atoms with E-state index in [0.717, 1.165) is 44.3 Å². The van der Waals surface area contributed by atoms with Gasteiger partial charge in [-0.05, 0) is 56.0 Å². The molecule has 1 amide bonds. The molecule has 150 valence electrons. The molecule has 7 heteroatoms. The zero-order valence-electron chi connectivity index (χ0n) is 16.2. The van der Waals surface area contributed by atoms with Crippen LogP contribution in [-0.2, 0) is 21.2 Å². The minimum absolute atomic E-state index is 0.155. The maximum atomic E-state index is 12.8. The molecule has 0 spiro atoms. The van der Waals surface area contributed by atoms with Crippen LogP contribution in [0.15, 0.2) is 29.2 Å². The zero-order valence-corrected chi connectivity index (χ0v) is 17.0. The summed E-state index contributed by atoms with van der Waals surface area (Å²) in [6, 6.07) is 7.20. The Hall–Kier alpha value is -1.44. The fourth-order valence-electron chi connectivity index (χ4n) is 3.89. The second kappa shape index (κ2) is 9.17. The van der Waals surface area contributed by atoms with Crippen LogP contribution in [0.5, 0.6) is 0 Å². The summed E-state index contributed by atoms with van der Waals surface area (Å²) in [4.78, 5) is 14.6. The summed E-state index contributed by atoms with van der Waals surface area (Å²) < 4.78 is 27.2. The van der Waals surface area contributed by atoms with E-state index in [-0.39, 0.29) is 5.91 Å². The van der Waals surface area contributed by atoms with Gasteiger partial charge in [0.25, 0.3) is 0 Å². The zero-order chi connectivity index (χ0) is 19.3. The lowest BCUT2D eigenvalue weighted by molar-refractivity contribution is -0.132. The van der Waals surface area contributed by atoms with Crippen molar-refractivity contribution >= 4 is 15.9 Å². The Morgan fingerprint density at radius 3 is 2.44 bits per heavy atom. The Balaban J connectivity index is 1.51. The quantitative estimate of drug-likeness (QED) is 0.768. The molecule has 1 aromatic rings. The average molecular weight is 394 g/mol. The molecule has 1 N–H and O–H groups in total. The predicted octanol–water partition coefficient (Wildman–Crippen LogP) is 1.86. The summed E-state index contributed by atoms with van der Waals surface area (Å²) in [5.74, 6) is 0.758. The average Bonchev–Trinajstić information content (AvgIpc) is 3.20. The summed E-state index contributed by atoms with van der Waals surface area (Å²) in [5, 5.41) is 3.33. The Labute approximate surface area is 163 Å². The van der Waals surface area contributed by atoms with Gasteiger partial charge in [0.05, 0.1) is 4.90 Å². The normalized spacial score (nSPS) is 21.5. The highest BCUT2D eigenvalue weighted by Gasteiger charge is 2.30. The van der Waals surface area contributed by atoms with E-state index >= 15 is 0 Å². The molecule has 3 rings (SSSR count). The number of rotatable bonds is 7. The van der Waals surface area contributed by atoms with E-state index in [1.54, 1.807) is 12.1 Å². The van der Waals surface area contributed by atoms with Crippen molar-refractivity contribution in [2.24, 2.45) is 5.92 Å². The van der Waals surface area contributed by atoms with Gasteiger partial charge >= 0.3 is 0 Å². The first-order chi connectivity index (χ1) is 13.0. The van der Waals surface area contributed by atoms with Crippen molar-refractivity contribution < 1.29 is 13.2 Å². The van der Waals surface area contributed by atoms with Crippen LogP contribution in [0.2, 0.25) is 0 Å². The molecule has 2 aliphatic rings. The summed E-state index contributed by atoms with van der Waals surface area (Å²) >= 11 is 0. The van der Waals surface area contributed by atoms with Crippen molar-refractivity contribution in [2.75, 3.05) is 39.3 Å². The minimum Gasteiger partial charge on any atom is -0.340 e. The Morgan fingerprint density at radius 2 is 1.85 bits per heavy atom. The fraction of sp³-hybridized carbons (Fsp3) is 0.650. The number of hydrogen-bond donors (Lipinski definition) is 1. The third kappa shape index (κ3) is 5.09. The largest absolute Gasteiger partial charge is 0.340 e. The monoisotopic (exact) mass is 393 g/mol. The number of carbonyl (C=O) groups excluding carboxylic acids is 1. The number of piperazine rings is 1. The Bertz CT molecular complexity index is 719. The van der Waals surface area contributed by atoms with E-state index in [1.807, 2.05) is 17.0 Å². The number of amides is 1. The van der Waals surface area contributed by atoms with Gasteiger partial charge in [-0.1, -0.05) is 25.5 Å². The lowest BCUT2D eigenvalue weighted by Gasteiger charge is -2.34. The summed E-state index contributed by atoms with van der Waals surface area (Å²) in [6.45, 7) is 5.87. The Kier molecular flexibility index (Phi) is 6.89. The molecule has 0 aliphatic carbocycles. The Morgan fingerprint density at radius 1 is 1.15 bits per heavy atom. The summed E-state index contributed by atoms with van der Waals surface area (Å²) in [5.41, 5.74) is 1.16. The molecular weight excluding hydrogens is 362 g/mol. The highest BCUT2D eigenvalue weighted by Crippen LogP contribution is 2.20. The molecule has 2 heterocycles. The SMILES string of the molecule is CCCc1ccc(S(=O)(=O)N2CCN(C(=O)CCC3CCNC3)CC2)cc1. The van der Waals surface area contributed by atoms with Gasteiger partial charge in [0.1, 0.15) is 0 Å². The lowest BCUT2D eigenvalue weighted by atomic mass is 10.0. The molecule has 1 unspecified atom stereocenters. The lowest BCUT2D eigenvalue weighted by Crippen LogP contribution is -2.50. The molecule has 0 bridgehead atoms. The van der Waals surface area contributed by atoms with Crippen LogP contribution in [-0.4, -0.2) is 62.8 Å². The molecule has 0 radical (unpaired) electrons. The van der Waals surface area contributed by atoms with E-state index in [9.17, 15) is 13.2 Å². The van der Waals surface area contributed by atoms with Crippen LogP contribution in [0.3, 0.4) is 0 Å². The second-order valence-corrected chi connectivity index (χ2v) is 9.51. The van der Waals surface area contributed by atoms with Crippen LogP contribution in [0.4, 0.5) is 0 Å². The topological polar surface area (TPSA) is 69.7 Å². The van der Waals surface area contributed by atoms with E-state index in [0.29, 0.717) is 43.4 Å². The molecule has 2 aliphatic heterocycles. The van der Waals surface area contributed by atoms with E-state index < -0.39 is 10.0 Å². The molecule has 2 fully saturated rings. The van der Waals surface area contributed by atoms with Gasteiger partial charge in [-0.25, -0.2) is 8.42 Å². The van der Waals surface area contributed by atoms with E-state index in [4.69, 9.17) is 0 Å². The van der Waals surface area contributed by atoms with Crippen LogP contribution in [0.1, 0.15) is 38.2 Å². The molecule has 1 atom stereocenters. The number of nitrogens with zero attached hydrogens (tertiary/aromatic N) is 2. The van der Waals surface area contributed by atoms with Gasteiger partial charge in [0.15, 0.2) is 0 Å². The van der Waals surface area contributed by atoms with Gasteiger partial charge in [-0.2, -0.15) is 4.31 Å². The van der Waals surface area contributed by atoms with Crippen molar-refractivity contribution in [1.29, 1.82) is 0 Å². The maximum Gasteiger partial charge on any atom is 0.243 e. The van der Waals surface area contributed by atoms with Gasteiger partial charge in [0.2, 0.25) is 15.9 Å². The summed E-state index contributed by atoms with van der Waals surface area (Å²) in [7, 11) is -3.48. The standard InChI is InChI=1S/C20H31N3O3S/c1-2-3-17-4-7-19(8-5-17)27(25,26)23-14-12-22(13-15-23)20(24)9-6-18-10-11-21-16-18/h4-5,7-8,18,21H,2-3,6,9-16H2,1H3. The molecule has 0 aromatic heterocycles. The fourth-order valence-corrected chi connectivity index (χ4v) is 5.31. The number of nitrogens with one attached hydrogen (secondary N) is 1. The van der Waals surface area contributed by atoms with Crippen molar-refractivity contribution in [3.05, 3.63) is 29.8 Å². The number of hydrogen-bond acceptors (Lipinski definition) is 4. The molecule has 6 nitrogen and oxygen atoms in total. The highest BCUT2D eigenvalue weighted by atomic mass is 32.2. The van der Waals surface area contributed by atoms with Gasteiger partial charge < -0.3 is 10.2 Å². The van der Waals surface area contributed by atoms with Crippen LogP contribution < -0.4 is 5.32 Å². The third-order valence-electron chi connectivity index (χ3n) is 5.62. The van der Waals surface area contributed by atoms with Crippen molar-refractivity contribution in [2.45, 2.75) is 43.9 Å². The molecule has 1 aromatic carbocycles. The highest BCUT2D eigenvalue weighted by molar-refractivity contribution is 7.89. The number of aryl methyl sites for hydroxylation is 1. The summed E-state index contributed by atoms with van der Waals surface area (Å²) in [6.07, 6.45) is 4.64. The minimum atomic E-state index is -3.48. The number of sulfonamides is 1. The van der Waals surface area contributed by atoms with Gasteiger partial charge in [-0.15, -0.1) is 0 Å². The molecular formula is C20H31N3O3S. The molecule has 0 saturated carbocycles. The predicted molar refractivity (Wildman–Crippen MR) is 106 cm³/mol. The van der Waals surface area contributed by atoms with E-state index in [2.05, 4.69) is 12.2 Å². The van der Waals surface area contributed by atoms with Crippen LogP contribution in [0, 0.1) is 5.92 Å². The van der Waals surface area contributed by atoms with Gasteiger partial charge in [0, 0.05) is 32.6 Å². The van der Waals surface area contributed by atoms with Crippen molar-refractivity contribution in [3.8, 4) is 0 Å². The smallest absolute Gasteiger partial charge is 0.243 e. The maximum absolute atomic E-state index is 12.8. The van der Waals surface area contributed by atoms with E-state index in [1.165, 1.54) is 4.31 Å². The van der Waals surface area contributed by atoms with Crippen molar-refractivity contribution in [1.82, 2.24) is 14.5 Å². The molecule has 27 heavy (non-hydrogen) atoms. The number of benzene rings is 1. The van der Waals surface area contributed by atoms with Crippen LogP contribution >= 0.6 is 0 Å². The van der Waals surface area contributed by atoms with Gasteiger partial charge in [-0.3, -0.25) is 4.79 Å². The van der Waals surface area contributed by atoms with Crippen LogP contribution in [0.25, 0.3) is 0 Å². The number of carbonyl (C=O) groups is 1. The first-order valence-electron chi connectivity index (χ1n) is 10.1. The van der Waals surface area contributed by atoms with Crippen molar-refractivity contribution in [3.63, 3.8) is 0 Å².